The molecule has 3 rings (SSSR count). The third-order valence-electron chi connectivity index (χ3n) is 4.47. The Hall–Kier alpha value is -2.45. The number of nitrogens with two attached hydrogens (primary N) is 1. The number of carbonyl (C=O) groups excluding carboxylic acids is 2. The van der Waals surface area contributed by atoms with E-state index in [9.17, 15) is 9.59 Å². The normalized spacial score (nSPS) is 15.4. The molecule has 1 aromatic carbocycles. The summed E-state index contributed by atoms with van der Waals surface area (Å²) < 4.78 is 1.44. The van der Waals surface area contributed by atoms with E-state index in [0.717, 1.165) is 25.9 Å². The monoisotopic (exact) mass is 392 g/mol. The van der Waals surface area contributed by atoms with E-state index in [1.807, 2.05) is 23.1 Å². The maximum atomic E-state index is 12.4. The highest BCUT2D eigenvalue weighted by Crippen LogP contribution is 2.12. The Labute approximate surface area is 164 Å². The number of rotatable bonds is 5. The zero-order valence-corrected chi connectivity index (χ0v) is 15.9. The molecule has 1 saturated heterocycles. The Balaban J connectivity index is 0.00000261. The highest BCUT2D eigenvalue weighted by atomic mass is 35.5. The van der Waals surface area contributed by atoms with Gasteiger partial charge >= 0.3 is 0 Å². The van der Waals surface area contributed by atoms with Crippen LogP contribution in [0.2, 0.25) is 0 Å². The number of amides is 2. The van der Waals surface area contributed by atoms with Gasteiger partial charge in [0.25, 0.3) is 0 Å². The van der Waals surface area contributed by atoms with Gasteiger partial charge in [0.2, 0.25) is 17.8 Å². The third-order valence-corrected chi connectivity index (χ3v) is 4.47. The van der Waals surface area contributed by atoms with Gasteiger partial charge in [-0.3, -0.25) is 14.9 Å². The number of halogens is 1. The molecule has 8 nitrogen and oxygen atoms in total. The number of hydrogen-bond donors (Lipinski definition) is 2. The molecule has 9 heteroatoms. The third kappa shape index (κ3) is 5.77. The highest BCUT2D eigenvalue weighted by molar-refractivity contribution is 5.93. The summed E-state index contributed by atoms with van der Waals surface area (Å²) in [5, 5.41) is 6.75. The molecule has 1 fully saturated rings. The molecule has 0 radical (unpaired) electrons. The van der Waals surface area contributed by atoms with E-state index in [-0.39, 0.29) is 30.8 Å². The van der Waals surface area contributed by atoms with Crippen molar-refractivity contribution < 1.29 is 9.59 Å². The first-order chi connectivity index (χ1) is 12.6. The van der Waals surface area contributed by atoms with Crippen molar-refractivity contribution in [3.05, 3.63) is 42.2 Å². The fraction of sp³-hybridized carbons (Fsp3) is 0.444. The van der Waals surface area contributed by atoms with Gasteiger partial charge in [0, 0.05) is 13.1 Å². The Morgan fingerprint density at radius 2 is 1.78 bits per heavy atom. The molecule has 1 atom stereocenters. The number of aromatic nitrogens is 3. The van der Waals surface area contributed by atoms with Crippen LogP contribution in [0.4, 0.5) is 5.95 Å². The Morgan fingerprint density at radius 3 is 2.44 bits per heavy atom. The zero-order chi connectivity index (χ0) is 18.4. The number of benzene rings is 1. The summed E-state index contributed by atoms with van der Waals surface area (Å²) in [7, 11) is 0. The Morgan fingerprint density at radius 1 is 1.11 bits per heavy atom. The predicted octanol–water partition coefficient (Wildman–Crippen LogP) is 1.74. The van der Waals surface area contributed by atoms with Gasteiger partial charge in [-0.05, 0) is 18.4 Å². The van der Waals surface area contributed by atoms with E-state index in [1.54, 1.807) is 12.1 Å². The largest absolute Gasteiger partial charge is 0.341 e. The quantitative estimate of drug-likeness (QED) is 0.806. The first kappa shape index (κ1) is 20.9. The molecule has 1 aliphatic rings. The fourth-order valence-electron chi connectivity index (χ4n) is 2.99. The molecule has 2 heterocycles. The van der Waals surface area contributed by atoms with Crippen molar-refractivity contribution >= 4 is 30.2 Å². The molecule has 146 valence electrons. The van der Waals surface area contributed by atoms with Crippen molar-refractivity contribution in [2.75, 3.05) is 18.4 Å². The lowest BCUT2D eigenvalue weighted by Gasteiger charge is -2.19. The maximum absolute atomic E-state index is 12.4. The van der Waals surface area contributed by atoms with Crippen LogP contribution in [0, 0.1) is 0 Å². The first-order valence-corrected chi connectivity index (χ1v) is 8.92. The second kappa shape index (κ2) is 10.0. The minimum atomic E-state index is -0.804. The van der Waals surface area contributed by atoms with Gasteiger partial charge in [-0.2, -0.15) is 0 Å². The van der Waals surface area contributed by atoms with E-state index in [4.69, 9.17) is 5.73 Å². The predicted molar refractivity (Wildman–Crippen MR) is 104 cm³/mol. The van der Waals surface area contributed by atoms with Gasteiger partial charge in [-0.1, -0.05) is 43.2 Å². The van der Waals surface area contributed by atoms with Crippen molar-refractivity contribution in [2.45, 2.75) is 38.3 Å². The molecule has 0 spiro atoms. The molecule has 0 aliphatic carbocycles. The summed E-state index contributed by atoms with van der Waals surface area (Å²) in [6.07, 6.45) is 5.87. The maximum Gasteiger partial charge on any atom is 0.248 e. The number of nitrogens with zero attached hydrogens (tertiary/aromatic N) is 4. The smallest absolute Gasteiger partial charge is 0.248 e. The van der Waals surface area contributed by atoms with Crippen molar-refractivity contribution in [3.8, 4) is 0 Å². The van der Waals surface area contributed by atoms with Crippen LogP contribution in [0.15, 0.2) is 36.7 Å². The summed E-state index contributed by atoms with van der Waals surface area (Å²) in [5.74, 6) is -0.228. The van der Waals surface area contributed by atoms with Crippen LogP contribution in [0.1, 0.15) is 37.3 Å². The van der Waals surface area contributed by atoms with E-state index >= 15 is 0 Å². The molecular weight excluding hydrogens is 368 g/mol. The topological polar surface area (TPSA) is 106 Å². The van der Waals surface area contributed by atoms with Gasteiger partial charge in [-0.25, -0.2) is 9.67 Å². The van der Waals surface area contributed by atoms with E-state index < -0.39 is 11.9 Å². The minimum Gasteiger partial charge on any atom is -0.341 e. The second-order valence-electron chi connectivity index (χ2n) is 6.44. The van der Waals surface area contributed by atoms with Gasteiger partial charge in [0.15, 0.2) is 0 Å². The number of carbonyl (C=O) groups is 2. The van der Waals surface area contributed by atoms with Gasteiger partial charge in [-0.15, -0.1) is 17.5 Å². The molecule has 2 amide bonds. The molecule has 1 aliphatic heterocycles. The summed E-state index contributed by atoms with van der Waals surface area (Å²) in [5.41, 5.74) is 6.66. The molecule has 27 heavy (non-hydrogen) atoms. The fourth-order valence-corrected chi connectivity index (χ4v) is 2.99. The van der Waals surface area contributed by atoms with Gasteiger partial charge < -0.3 is 10.6 Å². The summed E-state index contributed by atoms with van der Waals surface area (Å²) in [4.78, 5) is 30.5. The molecule has 3 N–H and O–H groups in total. The van der Waals surface area contributed by atoms with Crippen LogP contribution in [-0.2, 0) is 16.1 Å². The highest BCUT2D eigenvalue weighted by Gasteiger charge is 2.19. The van der Waals surface area contributed by atoms with Crippen LogP contribution < -0.4 is 11.1 Å². The summed E-state index contributed by atoms with van der Waals surface area (Å²) >= 11 is 0. The van der Waals surface area contributed by atoms with Gasteiger partial charge in [0.1, 0.15) is 18.9 Å². The molecular formula is C18H25ClN6O2. The van der Waals surface area contributed by atoms with Crippen LogP contribution >= 0.6 is 12.4 Å². The van der Waals surface area contributed by atoms with E-state index in [0.29, 0.717) is 5.56 Å². The molecule has 1 unspecified atom stereocenters. The number of likely N-dealkylation sites (tertiary alicyclic amines) is 1. The summed E-state index contributed by atoms with van der Waals surface area (Å²) in [6.45, 7) is 1.71. The van der Waals surface area contributed by atoms with E-state index in [1.165, 1.54) is 23.9 Å². The molecule has 1 aromatic heterocycles. The van der Waals surface area contributed by atoms with Crippen molar-refractivity contribution in [1.29, 1.82) is 0 Å². The SMILES string of the molecule is Cl.NC(C(=O)Nc1ncn(CC(=O)N2CCCCCC2)n1)c1ccccc1. The van der Waals surface area contributed by atoms with Gasteiger partial charge in [0.05, 0.1) is 0 Å². The lowest BCUT2D eigenvalue weighted by Crippen LogP contribution is -2.34. The van der Waals surface area contributed by atoms with Crippen LogP contribution in [0.5, 0.6) is 0 Å². The molecule has 0 saturated carbocycles. The molecule has 0 bridgehead atoms. The van der Waals surface area contributed by atoms with Crippen LogP contribution in [0.25, 0.3) is 0 Å². The van der Waals surface area contributed by atoms with Crippen molar-refractivity contribution in [2.24, 2.45) is 5.73 Å². The first-order valence-electron chi connectivity index (χ1n) is 8.92. The molecule has 2 aromatic rings. The average molecular weight is 393 g/mol. The Kier molecular flexibility index (Phi) is 7.75. The van der Waals surface area contributed by atoms with E-state index in [2.05, 4.69) is 15.4 Å². The standard InChI is InChI=1S/C18H24N6O2.ClH/c19-16(14-8-4-3-5-9-14)17(26)21-18-20-13-24(22-18)12-15(25)23-10-6-1-2-7-11-23;/h3-5,8-9,13,16H,1-2,6-7,10-12,19H2,(H,21,22,26);1H. The van der Waals surface area contributed by atoms with Crippen molar-refractivity contribution in [1.82, 2.24) is 19.7 Å². The number of anilines is 1. The average Bonchev–Trinajstić information content (AvgIpc) is 2.92. The van der Waals surface area contributed by atoms with Crippen molar-refractivity contribution in [3.63, 3.8) is 0 Å². The van der Waals surface area contributed by atoms with Crippen LogP contribution in [0.3, 0.4) is 0 Å². The zero-order valence-electron chi connectivity index (χ0n) is 15.1. The summed E-state index contributed by atoms with van der Waals surface area (Å²) in [6, 6.07) is 8.28. The Bertz CT molecular complexity index is 743. The number of hydrogen-bond acceptors (Lipinski definition) is 5. The minimum absolute atomic E-state index is 0. The lowest BCUT2D eigenvalue weighted by atomic mass is 10.1. The van der Waals surface area contributed by atoms with Crippen LogP contribution in [-0.4, -0.2) is 44.6 Å². The lowest BCUT2D eigenvalue weighted by molar-refractivity contribution is -0.132. The second-order valence-corrected chi connectivity index (χ2v) is 6.44. The number of nitrogens with one attached hydrogen (secondary N) is 1.